The molecule has 0 bridgehead atoms. The molecule has 1 atom stereocenters. The summed E-state index contributed by atoms with van der Waals surface area (Å²) in [4.78, 5) is 0. The molecule has 0 spiro atoms. The maximum Gasteiger partial charge on any atom is 0.0298 e. The molecule has 0 fully saturated rings. The third-order valence-corrected chi connectivity index (χ3v) is 1.99. The van der Waals surface area contributed by atoms with Crippen molar-refractivity contribution in [3.05, 3.63) is 11.1 Å². The van der Waals surface area contributed by atoms with Crippen molar-refractivity contribution in [3.63, 3.8) is 0 Å². The van der Waals surface area contributed by atoms with E-state index in [0.29, 0.717) is 0 Å². The number of thiol groups is 1. The fourth-order valence-corrected chi connectivity index (χ4v) is 1.53. The van der Waals surface area contributed by atoms with Gasteiger partial charge in [-0.1, -0.05) is 17.7 Å². The number of halogens is 1. The molecule has 0 amide bonds. The van der Waals surface area contributed by atoms with E-state index in [1.54, 1.807) is 0 Å². The van der Waals surface area contributed by atoms with Crippen molar-refractivity contribution >= 4 is 24.2 Å². The number of allylic oxidation sites excluding steroid dienone is 1. The van der Waals surface area contributed by atoms with Gasteiger partial charge < -0.3 is 0 Å². The second kappa shape index (κ2) is 1.96. The van der Waals surface area contributed by atoms with Gasteiger partial charge in [0.2, 0.25) is 0 Å². The highest BCUT2D eigenvalue weighted by Gasteiger charge is 2.22. The first-order valence-corrected chi connectivity index (χ1v) is 3.52. The van der Waals surface area contributed by atoms with E-state index >= 15 is 0 Å². The summed E-state index contributed by atoms with van der Waals surface area (Å²) >= 11 is 10.1. The Hall–Kier alpha value is 0.380. The van der Waals surface area contributed by atoms with Gasteiger partial charge in [-0.05, 0) is 19.8 Å². The molecule has 0 N–H and O–H groups in total. The summed E-state index contributed by atoms with van der Waals surface area (Å²) in [6.45, 7) is 2.07. The maximum absolute atomic E-state index is 5.71. The van der Waals surface area contributed by atoms with Crippen molar-refractivity contribution in [2.24, 2.45) is 0 Å². The highest BCUT2D eigenvalue weighted by molar-refractivity contribution is 7.82. The Morgan fingerprint density at radius 3 is 2.62 bits per heavy atom. The summed E-state index contributed by atoms with van der Waals surface area (Å²) < 4.78 is 0.0666. The van der Waals surface area contributed by atoms with Crippen LogP contribution in [0.15, 0.2) is 11.1 Å². The van der Waals surface area contributed by atoms with Crippen LogP contribution in [-0.2, 0) is 0 Å². The molecule has 1 aliphatic rings. The molecule has 0 aromatic rings. The minimum absolute atomic E-state index is 0.0666. The molecule has 46 valence electrons. The smallest absolute Gasteiger partial charge is 0.0298 e. The van der Waals surface area contributed by atoms with Crippen LogP contribution in [-0.4, -0.2) is 4.75 Å². The molecule has 0 aromatic carbocycles. The first-order valence-electron chi connectivity index (χ1n) is 2.70. The highest BCUT2D eigenvalue weighted by Crippen LogP contribution is 2.34. The molecule has 0 radical (unpaired) electrons. The van der Waals surface area contributed by atoms with Gasteiger partial charge in [-0.15, -0.1) is 0 Å². The SMILES string of the molecule is CC1(S)C=C(Cl)CC1. The van der Waals surface area contributed by atoms with Crippen molar-refractivity contribution < 1.29 is 0 Å². The van der Waals surface area contributed by atoms with Crippen molar-refractivity contribution in [3.8, 4) is 0 Å². The van der Waals surface area contributed by atoms with Gasteiger partial charge in [0.05, 0.1) is 0 Å². The number of hydrogen-bond donors (Lipinski definition) is 1. The summed E-state index contributed by atoms with van der Waals surface area (Å²) in [6.07, 6.45) is 4.09. The highest BCUT2D eigenvalue weighted by atomic mass is 35.5. The molecular weight excluding hydrogens is 140 g/mol. The van der Waals surface area contributed by atoms with Crippen LogP contribution in [0.5, 0.6) is 0 Å². The predicted molar refractivity (Wildman–Crippen MR) is 40.6 cm³/mol. The van der Waals surface area contributed by atoms with Crippen LogP contribution in [0.3, 0.4) is 0 Å². The van der Waals surface area contributed by atoms with E-state index in [0.717, 1.165) is 17.9 Å². The average Bonchev–Trinajstić information content (AvgIpc) is 1.82. The van der Waals surface area contributed by atoms with E-state index in [9.17, 15) is 0 Å². The third-order valence-electron chi connectivity index (χ3n) is 1.34. The lowest BCUT2D eigenvalue weighted by molar-refractivity contribution is 0.760. The minimum atomic E-state index is 0.0666. The molecule has 0 aromatic heterocycles. The Morgan fingerprint density at radius 2 is 2.50 bits per heavy atom. The van der Waals surface area contributed by atoms with E-state index in [-0.39, 0.29) is 4.75 Å². The second-order valence-electron chi connectivity index (χ2n) is 2.45. The van der Waals surface area contributed by atoms with Gasteiger partial charge in [-0.2, -0.15) is 12.6 Å². The largest absolute Gasteiger partial charge is 0.169 e. The summed E-state index contributed by atoms with van der Waals surface area (Å²) in [5.41, 5.74) is 0. The van der Waals surface area contributed by atoms with Crippen molar-refractivity contribution in [1.82, 2.24) is 0 Å². The molecule has 8 heavy (non-hydrogen) atoms. The summed E-state index contributed by atoms with van der Waals surface area (Å²) in [5, 5.41) is 0.961. The maximum atomic E-state index is 5.71. The lowest BCUT2D eigenvalue weighted by Gasteiger charge is -2.10. The zero-order valence-electron chi connectivity index (χ0n) is 4.82. The molecular formula is C6H9ClS. The normalized spacial score (nSPS) is 37.6. The van der Waals surface area contributed by atoms with Crippen LogP contribution in [0.4, 0.5) is 0 Å². The summed E-state index contributed by atoms with van der Waals surface area (Å²) in [5.74, 6) is 0. The quantitative estimate of drug-likeness (QED) is 0.502. The van der Waals surface area contributed by atoms with Gasteiger partial charge in [0.15, 0.2) is 0 Å². The monoisotopic (exact) mass is 148 g/mol. The van der Waals surface area contributed by atoms with Crippen molar-refractivity contribution in [2.45, 2.75) is 24.5 Å². The van der Waals surface area contributed by atoms with E-state index in [4.69, 9.17) is 11.6 Å². The lowest BCUT2D eigenvalue weighted by Crippen LogP contribution is -2.06. The Kier molecular flexibility index (Phi) is 1.59. The zero-order valence-corrected chi connectivity index (χ0v) is 6.47. The molecule has 0 heterocycles. The minimum Gasteiger partial charge on any atom is -0.169 e. The van der Waals surface area contributed by atoms with E-state index in [2.05, 4.69) is 19.6 Å². The van der Waals surface area contributed by atoms with Crippen LogP contribution in [0, 0.1) is 0 Å². The second-order valence-corrected chi connectivity index (χ2v) is 3.96. The van der Waals surface area contributed by atoms with E-state index < -0.39 is 0 Å². The van der Waals surface area contributed by atoms with Crippen LogP contribution in [0.1, 0.15) is 19.8 Å². The number of rotatable bonds is 0. The van der Waals surface area contributed by atoms with Crippen LogP contribution in [0.2, 0.25) is 0 Å². The standard InChI is InChI=1S/C6H9ClS/c1-6(8)3-2-5(7)4-6/h4,8H,2-3H2,1H3. The van der Waals surface area contributed by atoms with Crippen molar-refractivity contribution in [1.29, 1.82) is 0 Å². The fourth-order valence-electron chi connectivity index (χ4n) is 0.854. The van der Waals surface area contributed by atoms with Gasteiger partial charge in [-0.3, -0.25) is 0 Å². The van der Waals surface area contributed by atoms with Gasteiger partial charge in [0.25, 0.3) is 0 Å². The topological polar surface area (TPSA) is 0 Å². The average molecular weight is 149 g/mol. The Balaban J connectivity index is 2.67. The van der Waals surface area contributed by atoms with Gasteiger partial charge in [0.1, 0.15) is 0 Å². The molecule has 0 nitrogen and oxygen atoms in total. The summed E-state index contributed by atoms with van der Waals surface area (Å²) in [7, 11) is 0. The lowest BCUT2D eigenvalue weighted by atomic mass is 10.1. The van der Waals surface area contributed by atoms with Crippen molar-refractivity contribution in [2.75, 3.05) is 0 Å². The predicted octanol–water partition coefficient (Wildman–Crippen LogP) is 2.59. The molecule has 1 rings (SSSR count). The molecule has 1 aliphatic carbocycles. The van der Waals surface area contributed by atoms with Crippen LogP contribution in [0.25, 0.3) is 0 Å². The fraction of sp³-hybridized carbons (Fsp3) is 0.667. The Bertz CT molecular complexity index is 126. The summed E-state index contributed by atoms with van der Waals surface area (Å²) in [6, 6.07) is 0. The van der Waals surface area contributed by atoms with E-state index in [1.807, 2.05) is 6.08 Å². The molecule has 0 saturated carbocycles. The Morgan fingerprint density at radius 1 is 1.88 bits per heavy atom. The molecule has 0 saturated heterocycles. The van der Waals surface area contributed by atoms with Gasteiger partial charge >= 0.3 is 0 Å². The Labute approximate surface area is 60.3 Å². The molecule has 2 heteroatoms. The van der Waals surface area contributed by atoms with E-state index in [1.165, 1.54) is 0 Å². The zero-order chi connectivity index (χ0) is 6.20. The first-order chi connectivity index (χ1) is 3.60. The van der Waals surface area contributed by atoms with Crippen LogP contribution < -0.4 is 0 Å². The molecule has 0 aliphatic heterocycles. The first kappa shape index (κ1) is 6.50. The van der Waals surface area contributed by atoms with Crippen LogP contribution >= 0.6 is 24.2 Å². The molecule has 1 unspecified atom stereocenters. The number of hydrogen-bond acceptors (Lipinski definition) is 1. The third kappa shape index (κ3) is 1.43. The van der Waals surface area contributed by atoms with Gasteiger partial charge in [0, 0.05) is 9.78 Å². The van der Waals surface area contributed by atoms with Gasteiger partial charge in [-0.25, -0.2) is 0 Å².